The number of hydrogen-bond acceptors (Lipinski definition) is 4. The first-order valence-corrected chi connectivity index (χ1v) is 6.84. The van der Waals surface area contributed by atoms with E-state index in [1.807, 2.05) is 31.4 Å². The SMILES string of the molecule is CN[C@@H](C)c1c[nH]c2ccc(C(=O)C3COCN3)cc12. The summed E-state index contributed by atoms with van der Waals surface area (Å²) in [7, 11) is 1.93. The zero-order chi connectivity index (χ0) is 14.1. The van der Waals surface area contributed by atoms with E-state index < -0.39 is 0 Å². The Kier molecular flexibility index (Phi) is 3.56. The molecule has 1 aliphatic heterocycles. The van der Waals surface area contributed by atoms with Gasteiger partial charge in [-0.15, -0.1) is 0 Å². The molecule has 1 aliphatic rings. The number of carbonyl (C=O) groups is 1. The van der Waals surface area contributed by atoms with Crippen molar-refractivity contribution >= 4 is 16.7 Å². The molecule has 0 aliphatic carbocycles. The van der Waals surface area contributed by atoms with Gasteiger partial charge in [-0.3, -0.25) is 10.1 Å². The number of H-pyrrole nitrogens is 1. The second-order valence-electron chi connectivity index (χ2n) is 5.15. The van der Waals surface area contributed by atoms with Crippen molar-refractivity contribution in [1.29, 1.82) is 0 Å². The summed E-state index contributed by atoms with van der Waals surface area (Å²) in [4.78, 5) is 15.6. The maximum Gasteiger partial charge on any atom is 0.182 e. The molecular weight excluding hydrogens is 254 g/mol. The topological polar surface area (TPSA) is 66.2 Å². The highest BCUT2D eigenvalue weighted by Crippen LogP contribution is 2.25. The largest absolute Gasteiger partial charge is 0.364 e. The van der Waals surface area contributed by atoms with E-state index in [0.717, 1.165) is 16.5 Å². The lowest BCUT2D eigenvalue weighted by atomic mass is 10.0. The van der Waals surface area contributed by atoms with Crippen LogP contribution >= 0.6 is 0 Å². The quantitative estimate of drug-likeness (QED) is 0.740. The Balaban J connectivity index is 1.98. The van der Waals surface area contributed by atoms with Gasteiger partial charge in [-0.2, -0.15) is 0 Å². The third-order valence-electron chi connectivity index (χ3n) is 3.93. The van der Waals surface area contributed by atoms with E-state index >= 15 is 0 Å². The second-order valence-corrected chi connectivity index (χ2v) is 5.15. The zero-order valence-corrected chi connectivity index (χ0v) is 11.7. The Morgan fingerprint density at radius 3 is 3.05 bits per heavy atom. The van der Waals surface area contributed by atoms with Crippen molar-refractivity contribution < 1.29 is 9.53 Å². The number of hydrogen-bond donors (Lipinski definition) is 3. The summed E-state index contributed by atoms with van der Waals surface area (Å²) in [5.41, 5.74) is 2.95. The van der Waals surface area contributed by atoms with Crippen molar-refractivity contribution in [3.05, 3.63) is 35.5 Å². The van der Waals surface area contributed by atoms with Crippen LogP contribution in [0.4, 0.5) is 0 Å². The summed E-state index contributed by atoms with van der Waals surface area (Å²) >= 11 is 0. The molecule has 5 nitrogen and oxygen atoms in total. The summed E-state index contributed by atoms with van der Waals surface area (Å²) in [6, 6.07) is 5.81. The molecule has 20 heavy (non-hydrogen) atoms. The molecule has 0 radical (unpaired) electrons. The number of nitrogens with one attached hydrogen (secondary N) is 3. The summed E-state index contributed by atoms with van der Waals surface area (Å²) in [6.07, 6.45) is 2.00. The van der Waals surface area contributed by atoms with Gasteiger partial charge >= 0.3 is 0 Å². The molecule has 0 saturated carbocycles. The molecule has 0 bridgehead atoms. The Bertz CT molecular complexity index is 629. The Hall–Kier alpha value is -1.69. The van der Waals surface area contributed by atoms with E-state index in [2.05, 4.69) is 22.5 Å². The summed E-state index contributed by atoms with van der Waals surface area (Å²) in [5, 5.41) is 7.37. The van der Waals surface area contributed by atoms with Gasteiger partial charge in [0.15, 0.2) is 5.78 Å². The third kappa shape index (κ3) is 2.24. The smallest absolute Gasteiger partial charge is 0.182 e. The number of aromatic nitrogens is 1. The fraction of sp³-hybridized carbons (Fsp3) is 0.400. The van der Waals surface area contributed by atoms with Crippen molar-refractivity contribution in [1.82, 2.24) is 15.6 Å². The monoisotopic (exact) mass is 273 g/mol. The van der Waals surface area contributed by atoms with Gasteiger partial charge in [0.1, 0.15) is 0 Å². The van der Waals surface area contributed by atoms with Crippen LogP contribution < -0.4 is 10.6 Å². The standard InChI is InChI=1S/C15H19N3O2/c1-9(16-2)12-6-17-13-4-3-10(5-11(12)13)15(19)14-7-20-8-18-14/h3-6,9,14,16-18H,7-8H2,1-2H3/t9-,14?/m0/s1. The molecule has 2 aromatic rings. The number of fused-ring (bicyclic) bond motifs is 1. The van der Waals surface area contributed by atoms with Crippen LogP contribution in [0.3, 0.4) is 0 Å². The fourth-order valence-electron chi connectivity index (χ4n) is 2.57. The first-order chi connectivity index (χ1) is 9.70. The van der Waals surface area contributed by atoms with E-state index in [-0.39, 0.29) is 17.9 Å². The zero-order valence-electron chi connectivity index (χ0n) is 11.7. The number of ether oxygens (including phenoxy) is 1. The summed E-state index contributed by atoms with van der Waals surface area (Å²) < 4.78 is 5.20. The van der Waals surface area contributed by atoms with Crippen molar-refractivity contribution in [2.75, 3.05) is 20.4 Å². The highest BCUT2D eigenvalue weighted by molar-refractivity contribution is 6.03. The normalized spacial score (nSPS) is 20.4. The number of carbonyl (C=O) groups excluding carboxylic acids is 1. The minimum absolute atomic E-state index is 0.0914. The summed E-state index contributed by atoms with van der Waals surface area (Å²) in [5.74, 6) is 0.0914. The second kappa shape index (κ2) is 5.36. The van der Waals surface area contributed by atoms with E-state index in [1.165, 1.54) is 5.56 Å². The molecule has 0 spiro atoms. The van der Waals surface area contributed by atoms with Gasteiger partial charge in [0.05, 0.1) is 19.4 Å². The molecule has 0 amide bonds. The van der Waals surface area contributed by atoms with Gasteiger partial charge in [0.25, 0.3) is 0 Å². The molecule has 2 heterocycles. The lowest BCUT2D eigenvalue weighted by Crippen LogP contribution is -2.32. The van der Waals surface area contributed by atoms with E-state index in [0.29, 0.717) is 13.3 Å². The maximum atomic E-state index is 12.4. The number of aromatic amines is 1. The highest BCUT2D eigenvalue weighted by Gasteiger charge is 2.24. The van der Waals surface area contributed by atoms with Crippen molar-refractivity contribution in [2.45, 2.75) is 19.0 Å². The van der Waals surface area contributed by atoms with Crippen LogP contribution in [0.25, 0.3) is 10.9 Å². The lowest BCUT2D eigenvalue weighted by Gasteiger charge is -2.10. The Labute approximate surface area is 117 Å². The first-order valence-electron chi connectivity index (χ1n) is 6.84. The molecular formula is C15H19N3O2. The Morgan fingerprint density at radius 2 is 2.35 bits per heavy atom. The van der Waals surface area contributed by atoms with Crippen LogP contribution in [0, 0.1) is 0 Å². The molecule has 1 unspecified atom stereocenters. The van der Waals surface area contributed by atoms with Gasteiger partial charge in [-0.05, 0) is 37.7 Å². The molecule has 3 rings (SSSR count). The molecule has 5 heteroatoms. The van der Waals surface area contributed by atoms with E-state index in [4.69, 9.17) is 4.74 Å². The van der Waals surface area contributed by atoms with Crippen LogP contribution in [0.15, 0.2) is 24.4 Å². The number of ketones is 1. The number of benzene rings is 1. The van der Waals surface area contributed by atoms with Gasteiger partial charge in [0.2, 0.25) is 0 Å². The average molecular weight is 273 g/mol. The third-order valence-corrected chi connectivity index (χ3v) is 3.93. The van der Waals surface area contributed by atoms with Gasteiger partial charge < -0.3 is 15.0 Å². The van der Waals surface area contributed by atoms with Gasteiger partial charge in [0, 0.05) is 28.7 Å². The maximum absolute atomic E-state index is 12.4. The molecule has 1 aromatic carbocycles. The molecule has 2 atom stereocenters. The van der Waals surface area contributed by atoms with Crippen molar-refractivity contribution in [2.24, 2.45) is 0 Å². The predicted octanol–water partition coefficient (Wildman–Crippen LogP) is 1.58. The molecule has 3 N–H and O–H groups in total. The van der Waals surface area contributed by atoms with Crippen LogP contribution in [0.1, 0.15) is 28.9 Å². The summed E-state index contributed by atoms with van der Waals surface area (Å²) in [6.45, 7) is 3.00. The molecule has 1 aromatic heterocycles. The van der Waals surface area contributed by atoms with E-state index in [1.54, 1.807) is 0 Å². The average Bonchev–Trinajstić information content (AvgIpc) is 3.14. The number of Topliss-reactive ketones (excluding diaryl/α,β-unsaturated/α-hetero) is 1. The molecule has 106 valence electrons. The van der Waals surface area contributed by atoms with Crippen LogP contribution in [-0.2, 0) is 4.74 Å². The Morgan fingerprint density at radius 1 is 1.50 bits per heavy atom. The minimum Gasteiger partial charge on any atom is -0.364 e. The number of rotatable bonds is 4. The first kappa shape index (κ1) is 13.3. The highest BCUT2D eigenvalue weighted by atomic mass is 16.5. The van der Waals surface area contributed by atoms with Crippen LogP contribution in [0.5, 0.6) is 0 Å². The lowest BCUT2D eigenvalue weighted by molar-refractivity contribution is 0.0942. The van der Waals surface area contributed by atoms with Crippen LogP contribution in [0.2, 0.25) is 0 Å². The van der Waals surface area contributed by atoms with E-state index in [9.17, 15) is 4.79 Å². The van der Waals surface area contributed by atoms with Crippen molar-refractivity contribution in [3.63, 3.8) is 0 Å². The fourth-order valence-corrected chi connectivity index (χ4v) is 2.57. The van der Waals surface area contributed by atoms with Crippen LogP contribution in [-0.4, -0.2) is 37.2 Å². The minimum atomic E-state index is -0.225. The predicted molar refractivity (Wildman–Crippen MR) is 77.8 cm³/mol. The van der Waals surface area contributed by atoms with Gasteiger partial charge in [-0.1, -0.05) is 0 Å². The molecule has 1 saturated heterocycles. The van der Waals surface area contributed by atoms with Crippen molar-refractivity contribution in [3.8, 4) is 0 Å². The van der Waals surface area contributed by atoms with Gasteiger partial charge in [-0.25, -0.2) is 0 Å². The molecule has 1 fully saturated rings.